The van der Waals surface area contributed by atoms with Crippen LogP contribution in [0.5, 0.6) is 0 Å². The fraction of sp³-hybridized carbons (Fsp3) is 0.545. The lowest BCUT2D eigenvalue weighted by atomic mass is 10.2. The van der Waals surface area contributed by atoms with Crippen LogP contribution in [0.3, 0.4) is 0 Å². The number of rotatable bonds is 2. The topological polar surface area (TPSA) is 56.6 Å². The monoisotopic (exact) mass is 208 g/mol. The lowest BCUT2D eigenvalue weighted by Crippen LogP contribution is -2.22. The Kier molecular flexibility index (Phi) is 3.00. The Labute approximate surface area is 89.2 Å². The summed E-state index contributed by atoms with van der Waals surface area (Å²) in [5, 5.41) is 18.8. The van der Waals surface area contributed by atoms with Gasteiger partial charge in [0.15, 0.2) is 0 Å². The molecule has 0 radical (unpaired) electrons. The van der Waals surface area contributed by atoms with Gasteiger partial charge in [-0.1, -0.05) is 6.07 Å². The number of pyridine rings is 1. The third kappa shape index (κ3) is 2.53. The van der Waals surface area contributed by atoms with Gasteiger partial charge in [0.2, 0.25) is 0 Å². The van der Waals surface area contributed by atoms with Crippen molar-refractivity contribution in [1.82, 2.24) is 9.88 Å². The van der Waals surface area contributed by atoms with Gasteiger partial charge in [-0.25, -0.2) is 0 Å². The molecule has 0 aromatic carbocycles. The van der Waals surface area contributed by atoms with Crippen LogP contribution in [-0.4, -0.2) is 45.4 Å². The highest BCUT2D eigenvalue weighted by Crippen LogP contribution is 2.13. The van der Waals surface area contributed by atoms with E-state index in [2.05, 4.69) is 11.1 Å². The molecule has 0 saturated carbocycles. The van der Waals surface area contributed by atoms with Gasteiger partial charge in [0.25, 0.3) is 0 Å². The van der Waals surface area contributed by atoms with E-state index >= 15 is 0 Å². The first-order chi connectivity index (χ1) is 7.15. The summed E-state index contributed by atoms with van der Waals surface area (Å²) in [5.74, 6) is 0. The summed E-state index contributed by atoms with van der Waals surface area (Å²) in [6, 6.07) is 2.07. The molecule has 0 unspecified atom stereocenters. The molecule has 1 aromatic rings. The summed E-state index contributed by atoms with van der Waals surface area (Å²) < 4.78 is 0. The fourth-order valence-corrected chi connectivity index (χ4v) is 1.94. The minimum atomic E-state index is -0.609. The third-order valence-electron chi connectivity index (χ3n) is 2.67. The molecule has 2 atom stereocenters. The van der Waals surface area contributed by atoms with E-state index in [1.807, 2.05) is 24.2 Å². The Morgan fingerprint density at radius 1 is 1.33 bits per heavy atom. The normalized spacial score (nSPS) is 27.1. The zero-order chi connectivity index (χ0) is 10.8. The van der Waals surface area contributed by atoms with E-state index < -0.39 is 12.2 Å². The van der Waals surface area contributed by atoms with Crippen molar-refractivity contribution in [3.8, 4) is 0 Å². The van der Waals surface area contributed by atoms with Crippen molar-refractivity contribution in [2.75, 3.05) is 13.1 Å². The van der Waals surface area contributed by atoms with Crippen LogP contribution >= 0.6 is 0 Å². The summed E-state index contributed by atoms with van der Waals surface area (Å²) >= 11 is 0. The average molecular weight is 208 g/mol. The maximum atomic E-state index is 9.39. The van der Waals surface area contributed by atoms with Crippen molar-refractivity contribution < 1.29 is 10.2 Å². The number of aromatic nitrogens is 1. The van der Waals surface area contributed by atoms with E-state index in [1.165, 1.54) is 0 Å². The first-order valence-corrected chi connectivity index (χ1v) is 5.14. The fourth-order valence-electron chi connectivity index (χ4n) is 1.94. The molecule has 2 heterocycles. The first kappa shape index (κ1) is 10.5. The highest BCUT2D eigenvalue weighted by Gasteiger charge is 2.29. The zero-order valence-electron chi connectivity index (χ0n) is 8.80. The van der Waals surface area contributed by atoms with Gasteiger partial charge >= 0.3 is 0 Å². The molecule has 1 aromatic heterocycles. The highest BCUT2D eigenvalue weighted by atomic mass is 16.3. The van der Waals surface area contributed by atoms with E-state index in [4.69, 9.17) is 0 Å². The second kappa shape index (κ2) is 4.26. The summed E-state index contributed by atoms with van der Waals surface area (Å²) in [6.07, 6.45) is 2.42. The van der Waals surface area contributed by atoms with Crippen molar-refractivity contribution in [3.63, 3.8) is 0 Å². The molecule has 2 N–H and O–H groups in total. The second-order valence-corrected chi connectivity index (χ2v) is 4.20. The number of hydrogen-bond donors (Lipinski definition) is 2. The van der Waals surface area contributed by atoms with Gasteiger partial charge in [0, 0.05) is 32.0 Å². The van der Waals surface area contributed by atoms with Gasteiger partial charge in [0.05, 0.1) is 12.2 Å². The molecule has 4 heteroatoms. The molecular formula is C11H16N2O2. The SMILES string of the molecule is Cc1cncc(CN2C[C@@H](O)[C@@H](O)C2)c1. The quantitative estimate of drug-likeness (QED) is 0.714. The van der Waals surface area contributed by atoms with Crippen LogP contribution in [0, 0.1) is 6.92 Å². The standard InChI is InChI=1S/C11H16N2O2/c1-8-2-9(4-12-3-8)5-13-6-10(14)11(15)7-13/h2-4,10-11,14-15H,5-7H2,1H3/t10-,11+. The van der Waals surface area contributed by atoms with Crippen LogP contribution in [0.15, 0.2) is 18.5 Å². The van der Waals surface area contributed by atoms with Gasteiger partial charge < -0.3 is 10.2 Å². The molecular weight excluding hydrogens is 192 g/mol. The Hall–Kier alpha value is -0.970. The van der Waals surface area contributed by atoms with Crippen LogP contribution in [0.1, 0.15) is 11.1 Å². The number of aliphatic hydroxyl groups excluding tert-OH is 2. The van der Waals surface area contributed by atoms with Crippen LogP contribution in [0.4, 0.5) is 0 Å². The number of aryl methyl sites for hydroxylation is 1. The lowest BCUT2D eigenvalue weighted by Gasteiger charge is -2.14. The van der Waals surface area contributed by atoms with Crippen molar-refractivity contribution in [2.24, 2.45) is 0 Å². The Morgan fingerprint density at radius 3 is 2.60 bits per heavy atom. The molecule has 1 aliphatic heterocycles. The Bertz CT molecular complexity index is 333. The van der Waals surface area contributed by atoms with E-state index in [0.717, 1.165) is 17.7 Å². The predicted molar refractivity (Wildman–Crippen MR) is 56.3 cm³/mol. The average Bonchev–Trinajstić information content (AvgIpc) is 2.45. The van der Waals surface area contributed by atoms with Crippen molar-refractivity contribution >= 4 is 0 Å². The van der Waals surface area contributed by atoms with Crippen molar-refractivity contribution in [3.05, 3.63) is 29.6 Å². The van der Waals surface area contributed by atoms with Gasteiger partial charge in [0.1, 0.15) is 0 Å². The van der Waals surface area contributed by atoms with E-state index in [0.29, 0.717) is 13.1 Å². The lowest BCUT2D eigenvalue weighted by molar-refractivity contribution is 0.0572. The minimum absolute atomic E-state index is 0.537. The largest absolute Gasteiger partial charge is 0.389 e. The number of likely N-dealkylation sites (tertiary alicyclic amines) is 1. The summed E-state index contributed by atoms with van der Waals surface area (Å²) in [5.41, 5.74) is 2.25. The Morgan fingerprint density at radius 2 is 2.00 bits per heavy atom. The minimum Gasteiger partial charge on any atom is -0.389 e. The third-order valence-corrected chi connectivity index (χ3v) is 2.67. The summed E-state index contributed by atoms with van der Waals surface area (Å²) in [7, 11) is 0. The molecule has 1 aliphatic rings. The van der Waals surface area contributed by atoms with Crippen LogP contribution < -0.4 is 0 Å². The maximum absolute atomic E-state index is 9.39. The molecule has 0 amide bonds. The predicted octanol–water partition coefficient (Wildman–Crippen LogP) is -0.0726. The molecule has 0 aliphatic carbocycles. The molecule has 1 fully saturated rings. The highest BCUT2D eigenvalue weighted by molar-refractivity contribution is 5.16. The Balaban J connectivity index is 1.98. The van der Waals surface area contributed by atoms with Crippen LogP contribution in [0.2, 0.25) is 0 Å². The number of hydrogen-bond acceptors (Lipinski definition) is 4. The number of aliphatic hydroxyl groups is 2. The van der Waals surface area contributed by atoms with Gasteiger partial charge in [-0.2, -0.15) is 0 Å². The smallest absolute Gasteiger partial charge is 0.0938 e. The molecule has 82 valence electrons. The van der Waals surface area contributed by atoms with Crippen molar-refractivity contribution in [2.45, 2.75) is 25.7 Å². The molecule has 0 bridgehead atoms. The van der Waals surface area contributed by atoms with Crippen molar-refractivity contribution in [1.29, 1.82) is 0 Å². The summed E-state index contributed by atoms with van der Waals surface area (Å²) in [4.78, 5) is 6.15. The van der Waals surface area contributed by atoms with Crippen LogP contribution in [-0.2, 0) is 6.54 Å². The number of nitrogens with zero attached hydrogens (tertiary/aromatic N) is 2. The number of β-amino-alcohol motifs (C(OH)–C–C–N with tert-alkyl or cyclic N) is 2. The van der Waals surface area contributed by atoms with Gasteiger partial charge in [-0.3, -0.25) is 9.88 Å². The van der Waals surface area contributed by atoms with Gasteiger partial charge in [-0.15, -0.1) is 0 Å². The molecule has 1 saturated heterocycles. The molecule has 15 heavy (non-hydrogen) atoms. The van der Waals surface area contributed by atoms with E-state index in [9.17, 15) is 10.2 Å². The maximum Gasteiger partial charge on any atom is 0.0938 e. The first-order valence-electron chi connectivity index (χ1n) is 5.14. The summed E-state index contributed by atoms with van der Waals surface area (Å²) in [6.45, 7) is 3.82. The zero-order valence-corrected chi connectivity index (χ0v) is 8.80. The van der Waals surface area contributed by atoms with E-state index in [1.54, 1.807) is 0 Å². The molecule has 2 rings (SSSR count). The second-order valence-electron chi connectivity index (χ2n) is 4.20. The van der Waals surface area contributed by atoms with Gasteiger partial charge in [-0.05, 0) is 18.1 Å². The van der Waals surface area contributed by atoms with Crippen LogP contribution in [0.25, 0.3) is 0 Å². The molecule has 4 nitrogen and oxygen atoms in total. The van der Waals surface area contributed by atoms with E-state index in [-0.39, 0.29) is 0 Å². The molecule has 0 spiro atoms.